The summed E-state index contributed by atoms with van der Waals surface area (Å²) in [4.78, 5) is 8.60. The fourth-order valence-corrected chi connectivity index (χ4v) is 1.99. The molecule has 25 heavy (non-hydrogen) atoms. The molecule has 0 bridgehead atoms. The van der Waals surface area contributed by atoms with Crippen molar-refractivity contribution in [3.8, 4) is 6.01 Å². The van der Waals surface area contributed by atoms with E-state index in [4.69, 9.17) is 10.6 Å². The average molecular weight is 345 g/mol. The second kappa shape index (κ2) is 11.8. The maximum Gasteiger partial charge on any atom is 0.318 e. The molecular weight excluding hydrogens is 318 g/mol. The van der Waals surface area contributed by atoms with Gasteiger partial charge in [0.15, 0.2) is 0 Å². The van der Waals surface area contributed by atoms with Crippen molar-refractivity contribution >= 4 is 11.4 Å². The van der Waals surface area contributed by atoms with Crippen molar-refractivity contribution < 1.29 is 9.47 Å². The van der Waals surface area contributed by atoms with Crippen molar-refractivity contribution in [1.29, 1.82) is 0 Å². The number of benzene rings is 1. The van der Waals surface area contributed by atoms with Crippen LogP contribution in [0.4, 0.5) is 5.82 Å². The van der Waals surface area contributed by atoms with Crippen molar-refractivity contribution in [2.24, 2.45) is 5.84 Å². The van der Waals surface area contributed by atoms with Crippen LogP contribution in [0.5, 0.6) is 6.01 Å². The third kappa shape index (κ3) is 7.65. The lowest BCUT2D eigenvalue weighted by atomic mass is 10.1. The minimum absolute atomic E-state index is 0.324. The zero-order valence-electron chi connectivity index (χ0n) is 15.2. The second-order valence-corrected chi connectivity index (χ2v) is 5.19. The molecule has 0 radical (unpaired) electrons. The molecule has 0 saturated heterocycles. The quantitative estimate of drug-likeness (QED) is 0.523. The van der Waals surface area contributed by atoms with Crippen LogP contribution in [0.25, 0.3) is 5.57 Å². The van der Waals surface area contributed by atoms with Crippen molar-refractivity contribution in [1.82, 2.24) is 15.4 Å². The molecule has 7 nitrogen and oxygen atoms in total. The first-order valence-corrected chi connectivity index (χ1v) is 7.88. The fraction of sp³-hybridized carbons (Fsp3) is 0.333. The molecule has 7 heteroatoms. The Morgan fingerprint density at radius 2 is 1.84 bits per heavy atom. The number of anilines is 1. The lowest BCUT2D eigenvalue weighted by Gasteiger charge is -2.09. The maximum atomic E-state index is 5.30. The Hall–Kier alpha value is -2.64. The molecule has 0 fully saturated rings. The molecule has 4 N–H and O–H groups in total. The summed E-state index contributed by atoms with van der Waals surface area (Å²) >= 11 is 0. The van der Waals surface area contributed by atoms with Gasteiger partial charge in [0.25, 0.3) is 0 Å². The monoisotopic (exact) mass is 345 g/mol. The van der Waals surface area contributed by atoms with E-state index in [0.717, 1.165) is 30.1 Å². The number of hydrazine groups is 1. The predicted octanol–water partition coefficient (Wildman–Crippen LogP) is 2.23. The number of nitrogens with one attached hydrogen (secondary N) is 2. The molecule has 0 saturated carbocycles. The highest BCUT2D eigenvalue weighted by molar-refractivity contribution is 5.62. The van der Waals surface area contributed by atoms with E-state index in [9.17, 15) is 0 Å². The first-order valence-electron chi connectivity index (χ1n) is 7.88. The third-order valence-electron chi connectivity index (χ3n) is 3.15. The molecule has 136 valence electrons. The Kier molecular flexibility index (Phi) is 9.65. The normalized spacial score (nSPS) is 10.5. The third-order valence-corrected chi connectivity index (χ3v) is 3.15. The van der Waals surface area contributed by atoms with Gasteiger partial charge >= 0.3 is 6.01 Å². The summed E-state index contributed by atoms with van der Waals surface area (Å²) in [6.07, 6.45) is 2.59. The Balaban J connectivity index is 0.000000970. The standard InChI is InChI=1S/C16H21N5O.C2H6O/c1-12(11-19-17)14-10-15(21-16(20-14)22-2)18-9-8-13-6-4-3-5-7-13;1-3-2/h3-7,10-11,19H,8-9,17H2,1-2H3,(H,18,20,21);1-2H3/b12-11+;. The van der Waals surface area contributed by atoms with Crippen molar-refractivity contribution in [2.75, 3.05) is 33.2 Å². The molecule has 2 aromatic rings. The molecule has 0 aliphatic rings. The topological polar surface area (TPSA) is 94.3 Å². The van der Waals surface area contributed by atoms with Gasteiger partial charge in [-0.05, 0) is 24.5 Å². The summed E-state index contributed by atoms with van der Waals surface area (Å²) in [5, 5.41) is 3.30. The summed E-state index contributed by atoms with van der Waals surface area (Å²) in [7, 11) is 4.80. The molecule has 2 rings (SSSR count). The summed E-state index contributed by atoms with van der Waals surface area (Å²) in [5.41, 5.74) is 5.44. The molecule has 0 atom stereocenters. The molecule has 0 amide bonds. The lowest BCUT2D eigenvalue weighted by Crippen LogP contribution is -2.14. The van der Waals surface area contributed by atoms with Gasteiger partial charge in [0.05, 0.1) is 12.8 Å². The van der Waals surface area contributed by atoms with Gasteiger partial charge in [0, 0.05) is 33.0 Å². The van der Waals surface area contributed by atoms with Crippen molar-refractivity contribution in [3.05, 3.63) is 53.9 Å². The van der Waals surface area contributed by atoms with Crippen LogP contribution in [0.15, 0.2) is 42.6 Å². The van der Waals surface area contributed by atoms with E-state index in [0.29, 0.717) is 6.01 Å². The smallest absolute Gasteiger partial charge is 0.318 e. The van der Waals surface area contributed by atoms with E-state index < -0.39 is 0 Å². The fourth-order valence-electron chi connectivity index (χ4n) is 1.99. The maximum absolute atomic E-state index is 5.30. The highest BCUT2D eigenvalue weighted by Crippen LogP contribution is 2.17. The van der Waals surface area contributed by atoms with Crippen LogP contribution in [0.3, 0.4) is 0 Å². The van der Waals surface area contributed by atoms with E-state index in [1.807, 2.05) is 31.2 Å². The zero-order valence-corrected chi connectivity index (χ0v) is 15.2. The van der Waals surface area contributed by atoms with Crippen LogP contribution in [-0.2, 0) is 11.2 Å². The van der Waals surface area contributed by atoms with E-state index in [-0.39, 0.29) is 0 Å². The first kappa shape index (κ1) is 20.4. The number of aromatic nitrogens is 2. The molecule has 0 aliphatic heterocycles. The molecule has 0 spiro atoms. The van der Waals surface area contributed by atoms with Crippen molar-refractivity contribution in [2.45, 2.75) is 13.3 Å². The van der Waals surface area contributed by atoms with Crippen LogP contribution in [-0.4, -0.2) is 37.8 Å². The van der Waals surface area contributed by atoms with E-state index in [1.54, 1.807) is 27.5 Å². The van der Waals surface area contributed by atoms with Gasteiger partial charge in [0.2, 0.25) is 0 Å². The highest BCUT2D eigenvalue weighted by Gasteiger charge is 2.06. The minimum Gasteiger partial charge on any atom is -0.467 e. The Morgan fingerprint density at radius 3 is 2.44 bits per heavy atom. The largest absolute Gasteiger partial charge is 0.467 e. The van der Waals surface area contributed by atoms with Crippen LogP contribution in [0.1, 0.15) is 18.2 Å². The molecule has 0 unspecified atom stereocenters. The van der Waals surface area contributed by atoms with Crippen molar-refractivity contribution in [3.63, 3.8) is 0 Å². The Bertz CT molecular complexity index is 647. The number of methoxy groups -OCH3 is 2. The lowest BCUT2D eigenvalue weighted by molar-refractivity contribution is 0.277. The van der Waals surface area contributed by atoms with E-state index >= 15 is 0 Å². The van der Waals surface area contributed by atoms with Gasteiger partial charge in [-0.2, -0.15) is 9.97 Å². The predicted molar refractivity (Wildman–Crippen MR) is 101 cm³/mol. The van der Waals surface area contributed by atoms with Gasteiger partial charge in [-0.3, -0.25) is 5.84 Å². The number of allylic oxidation sites excluding steroid dienone is 1. The molecule has 1 heterocycles. The Labute approximate surface area is 149 Å². The zero-order chi connectivity index (χ0) is 18.5. The molecular formula is C18H27N5O2. The number of rotatable bonds is 7. The van der Waals surface area contributed by atoms with Crippen LogP contribution in [0.2, 0.25) is 0 Å². The van der Waals surface area contributed by atoms with Gasteiger partial charge in [-0.25, -0.2) is 0 Å². The van der Waals surface area contributed by atoms with Gasteiger partial charge in [-0.15, -0.1) is 0 Å². The minimum atomic E-state index is 0.324. The summed E-state index contributed by atoms with van der Waals surface area (Å²) in [6, 6.07) is 12.5. The van der Waals surface area contributed by atoms with Crippen LogP contribution < -0.4 is 21.3 Å². The number of nitrogens with two attached hydrogens (primary N) is 1. The SMILES string of the molecule is COC.COc1nc(NCCc2ccccc2)cc(/C(C)=C/NN)n1. The van der Waals surface area contributed by atoms with Gasteiger partial charge in [0.1, 0.15) is 5.82 Å². The molecule has 1 aromatic heterocycles. The number of ether oxygens (including phenoxy) is 2. The van der Waals surface area contributed by atoms with Crippen LogP contribution >= 0.6 is 0 Å². The summed E-state index contributed by atoms with van der Waals surface area (Å²) in [5.74, 6) is 6.03. The van der Waals surface area contributed by atoms with E-state index in [1.165, 1.54) is 5.56 Å². The second-order valence-electron chi connectivity index (χ2n) is 5.19. The van der Waals surface area contributed by atoms with Gasteiger partial charge < -0.3 is 20.2 Å². The van der Waals surface area contributed by atoms with Gasteiger partial charge in [-0.1, -0.05) is 30.3 Å². The van der Waals surface area contributed by atoms with Crippen LogP contribution in [0, 0.1) is 0 Å². The summed E-state index contributed by atoms with van der Waals surface area (Å²) < 4.78 is 9.40. The number of hydrogen-bond acceptors (Lipinski definition) is 7. The summed E-state index contributed by atoms with van der Waals surface area (Å²) in [6.45, 7) is 2.69. The number of nitrogens with zero attached hydrogens (tertiary/aromatic N) is 2. The number of hydrogen-bond donors (Lipinski definition) is 3. The van der Waals surface area contributed by atoms with E-state index in [2.05, 4.69) is 37.6 Å². The molecule has 1 aromatic carbocycles. The molecule has 0 aliphatic carbocycles. The average Bonchev–Trinajstić information content (AvgIpc) is 2.63. The Morgan fingerprint density at radius 1 is 1.16 bits per heavy atom. The first-order chi connectivity index (χ1) is 12.1. The highest BCUT2D eigenvalue weighted by atomic mass is 16.5.